The molecule has 0 aromatic rings. The number of unbranched alkanes of at least 4 members (excludes halogenated alkanes) is 9. The molecule has 0 saturated heterocycles. The van der Waals surface area contributed by atoms with E-state index in [1.54, 1.807) is 7.05 Å². The Bertz CT molecular complexity index is 115. The van der Waals surface area contributed by atoms with E-state index in [2.05, 4.69) is 6.92 Å². The van der Waals surface area contributed by atoms with Gasteiger partial charge in [-0.2, -0.15) is 5.06 Å². The molecule has 0 heterocycles. The molecule has 2 heteroatoms. The van der Waals surface area contributed by atoms with Gasteiger partial charge in [-0.25, -0.2) is 0 Å². The second-order valence-corrected chi connectivity index (χ2v) is 4.56. The summed E-state index contributed by atoms with van der Waals surface area (Å²) < 4.78 is 0. The summed E-state index contributed by atoms with van der Waals surface area (Å²) in [7, 11) is 1.72. The van der Waals surface area contributed by atoms with Crippen LogP contribution in [0.4, 0.5) is 0 Å². The van der Waals surface area contributed by atoms with Gasteiger partial charge in [-0.3, -0.25) is 0 Å². The van der Waals surface area contributed by atoms with E-state index >= 15 is 0 Å². The number of hydrogen-bond acceptors (Lipinski definition) is 2. The van der Waals surface area contributed by atoms with Crippen molar-refractivity contribution >= 4 is 0 Å². The Morgan fingerprint density at radius 1 is 0.733 bits per heavy atom. The van der Waals surface area contributed by atoms with Gasteiger partial charge in [0.05, 0.1) is 0 Å². The molecule has 2 nitrogen and oxygen atoms in total. The smallest absolute Gasteiger partial charge is 0.0235 e. The summed E-state index contributed by atoms with van der Waals surface area (Å²) in [5.41, 5.74) is 0. The Morgan fingerprint density at radius 2 is 1.13 bits per heavy atom. The Labute approximate surface area is 95.6 Å². The largest absolute Gasteiger partial charge is 0.314 e. The fourth-order valence-electron chi connectivity index (χ4n) is 1.83. The van der Waals surface area contributed by atoms with Crippen LogP contribution in [-0.2, 0) is 0 Å². The molecule has 0 atom stereocenters. The van der Waals surface area contributed by atoms with Crippen LogP contribution < -0.4 is 0 Å². The average Bonchev–Trinajstić information content (AvgIpc) is 2.20. The first-order valence-corrected chi connectivity index (χ1v) is 6.67. The van der Waals surface area contributed by atoms with Crippen molar-refractivity contribution in [1.29, 1.82) is 0 Å². The first-order chi connectivity index (χ1) is 7.27. The van der Waals surface area contributed by atoms with Crippen molar-refractivity contribution in [2.45, 2.75) is 71.1 Å². The van der Waals surface area contributed by atoms with Crippen LogP contribution in [0.5, 0.6) is 0 Å². The van der Waals surface area contributed by atoms with Crippen LogP contribution in [0.2, 0.25) is 0 Å². The quantitative estimate of drug-likeness (QED) is 0.412. The molecule has 0 aliphatic carbocycles. The zero-order valence-corrected chi connectivity index (χ0v) is 10.7. The highest BCUT2D eigenvalue weighted by molar-refractivity contribution is 4.48. The fourth-order valence-corrected chi connectivity index (χ4v) is 1.83. The van der Waals surface area contributed by atoms with Crippen LogP contribution in [-0.4, -0.2) is 23.9 Å². The summed E-state index contributed by atoms with van der Waals surface area (Å²) in [5.74, 6) is 0. The van der Waals surface area contributed by atoms with Gasteiger partial charge in [0, 0.05) is 13.6 Å². The van der Waals surface area contributed by atoms with E-state index in [0.29, 0.717) is 0 Å². The van der Waals surface area contributed by atoms with E-state index in [9.17, 15) is 0 Å². The van der Waals surface area contributed by atoms with Gasteiger partial charge in [0.25, 0.3) is 0 Å². The van der Waals surface area contributed by atoms with E-state index in [1.165, 1.54) is 62.9 Å². The molecule has 1 N–H and O–H groups in total. The first kappa shape index (κ1) is 14.9. The minimum Gasteiger partial charge on any atom is -0.314 e. The lowest BCUT2D eigenvalue weighted by molar-refractivity contribution is -0.0655. The molecule has 0 bridgehead atoms. The Morgan fingerprint density at radius 3 is 1.53 bits per heavy atom. The van der Waals surface area contributed by atoms with Gasteiger partial charge in [-0.15, -0.1) is 0 Å². The van der Waals surface area contributed by atoms with E-state index in [-0.39, 0.29) is 0 Å². The molecular formula is C13H29NO. The molecule has 0 amide bonds. The van der Waals surface area contributed by atoms with Crippen molar-refractivity contribution < 1.29 is 5.21 Å². The van der Waals surface area contributed by atoms with Gasteiger partial charge < -0.3 is 5.21 Å². The molecule has 15 heavy (non-hydrogen) atoms. The molecule has 0 radical (unpaired) electrons. The number of hydrogen-bond donors (Lipinski definition) is 1. The molecule has 0 aromatic carbocycles. The highest BCUT2D eigenvalue weighted by Crippen LogP contribution is 2.10. The molecular weight excluding hydrogens is 186 g/mol. The second-order valence-electron chi connectivity index (χ2n) is 4.56. The minimum absolute atomic E-state index is 0.816. The third kappa shape index (κ3) is 13.9. The molecule has 0 aliphatic heterocycles. The Kier molecular flexibility index (Phi) is 11.9. The summed E-state index contributed by atoms with van der Waals surface area (Å²) in [5, 5.41) is 10.2. The summed E-state index contributed by atoms with van der Waals surface area (Å²) in [6.45, 7) is 3.08. The van der Waals surface area contributed by atoms with Crippen LogP contribution in [0.3, 0.4) is 0 Å². The summed E-state index contributed by atoms with van der Waals surface area (Å²) in [6, 6.07) is 0. The number of nitrogens with zero attached hydrogens (tertiary/aromatic N) is 1. The Hall–Kier alpha value is -0.0800. The molecule has 0 aromatic heterocycles. The topological polar surface area (TPSA) is 23.5 Å². The van der Waals surface area contributed by atoms with Gasteiger partial charge >= 0.3 is 0 Å². The minimum atomic E-state index is 0.816. The molecule has 0 rings (SSSR count). The van der Waals surface area contributed by atoms with Gasteiger partial charge in [-0.1, -0.05) is 64.7 Å². The van der Waals surface area contributed by atoms with Gasteiger partial charge in [0.1, 0.15) is 0 Å². The molecule has 0 unspecified atom stereocenters. The Balaban J connectivity index is 2.87. The van der Waals surface area contributed by atoms with Gasteiger partial charge in [0.2, 0.25) is 0 Å². The van der Waals surface area contributed by atoms with Gasteiger partial charge in [0.15, 0.2) is 0 Å². The van der Waals surface area contributed by atoms with E-state index < -0.39 is 0 Å². The maximum Gasteiger partial charge on any atom is 0.0235 e. The number of hydroxylamine groups is 2. The average molecular weight is 215 g/mol. The van der Waals surface area contributed by atoms with Crippen LogP contribution in [0, 0.1) is 0 Å². The zero-order valence-electron chi connectivity index (χ0n) is 10.7. The van der Waals surface area contributed by atoms with Crippen molar-refractivity contribution in [3.63, 3.8) is 0 Å². The predicted molar refractivity (Wildman–Crippen MR) is 66.3 cm³/mol. The lowest BCUT2D eigenvalue weighted by Crippen LogP contribution is -2.13. The predicted octanol–water partition coefficient (Wildman–Crippen LogP) is 4.23. The lowest BCUT2D eigenvalue weighted by atomic mass is 10.1. The van der Waals surface area contributed by atoms with Crippen LogP contribution in [0.25, 0.3) is 0 Å². The highest BCUT2D eigenvalue weighted by atomic mass is 16.5. The third-order valence-electron chi connectivity index (χ3n) is 2.84. The maximum absolute atomic E-state index is 8.91. The molecule has 0 saturated carbocycles. The van der Waals surface area contributed by atoms with E-state index in [4.69, 9.17) is 5.21 Å². The lowest BCUT2D eigenvalue weighted by Gasteiger charge is -2.06. The highest BCUT2D eigenvalue weighted by Gasteiger charge is 1.94. The third-order valence-corrected chi connectivity index (χ3v) is 2.84. The molecule has 0 fully saturated rings. The molecule has 0 aliphatic rings. The van der Waals surface area contributed by atoms with Gasteiger partial charge in [-0.05, 0) is 6.42 Å². The summed E-state index contributed by atoms with van der Waals surface area (Å²) >= 11 is 0. The summed E-state index contributed by atoms with van der Waals surface area (Å²) in [4.78, 5) is 0. The van der Waals surface area contributed by atoms with E-state index in [1.807, 2.05) is 0 Å². The fraction of sp³-hybridized carbons (Fsp3) is 1.00. The zero-order chi connectivity index (χ0) is 11.4. The van der Waals surface area contributed by atoms with E-state index in [0.717, 1.165) is 13.0 Å². The van der Waals surface area contributed by atoms with Crippen LogP contribution in [0.15, 0.2) is 0 Å². The van der Waals surface area contributed by atoms with Crippen LogP contribution >= 0.6 is 0 Å². The SMILES string of the molecule is CCCCCCCCCCCCN(C)O. The first-order valence-electron chi connectivity index (χ1n) is 6.67. The van der Waals surface area contributed by atoms with Crippen molar-refractivity contribution in [1.82, 2.24) is 5.06 Å². The summed E-state index contributed by atoms with van der Waals surface area (Å²) in [6.07, 6.45) is 13.5. The maximum atomic E-state index is 8.91. The van der Waals surface area contributed by atoms with Crippen LogP contribution in [0.1, 0.15) is 71.1 Å². The monoisotopic (exact) mass is 215 g/mol. The normalized spacial score (nSPS) is 11.2. The van der Waals surface area contributed by atoms with Crippen molar-refractivity contribution in [3.8, 4) is 0 Å². The standard InChI is InChI=1S/C13H29NO/c1-3-4-5-6-7-8-9-10-11-12-13-14(2)15/h15H,3-13H2,1-2H3. The van der Waals surface area contributed by atoms with Crippen molar-refractivity contribution in [2.75, 3.05) is 13.6 Å². The van der Waals surface area contributed by atoms with Crippen molar-refractivity contribution in [3.05, 3.63) is 0 Å². The second kappa shape index (κ2) is 12.0. The number of rotatable bonds is 11. The van der Waals surface area contributed by atoms with Crippen molar-refractivity contribution in [2.24, 2.45) is 0 Å². The molecule has 92 valence electrons. The molecule has 0 spiro atoms.